The maximum Gasteiger partial charge on any atom is 0.350 e. The summed E-state index contributed by atoms with van der Waals surface area (Å²) in [7, 11) is 0. The molecule has 1 aromatic carbocycles. The molecule has 1 aromatic heterocycles. The van der Waals surface area contributed by atoms with Crippen LogP contribution in [0.3, 0.4) is 0 Å². The maximum atomic E-state index is 11.9. The fraction of sp³-hybridized carbons (Fsp3) is 0.294. The van der Waals surface area contributed by atoms with E-state index in [1.165, 1.54) is 0 Å². The second kappa shape index (κ2) is 8.43. The lowest BCUT2D eigenvalue weighted by Gasteiger charge is -2.09. The molecule has 0 saturated carbocycles. The summed E-state index contributed by atoms with van der Waals surface area (Å²) in [6.07, 6.45) is -0.331. The molecule has 1 amide bonds. The molecule has 0 saturated heterocycles. The lowest BCUT2D eigenvalue weighted by molar-refractivity contribution is -0.138. The van der Waals surface area contributed by atoms with Crippen molar-refractivity contribution >= 4 is 34.9 Å². The average molecular weight is 377 g/mol. The number of anilines is 1. The Hall–Kier alpha value is -2.94. The highest BCUT2D eigenvalue weighted by molar-refractivity contribution is 7.11. The first-order chi connectivity index (χ1) is 12.3. The zero-order valence-electron chi connectivity index (χ0n) is 14.4. The fourth-order valence-electron chi connectivity index (χ4n) is 2.30. The molecule has 3 N–H and O–H groups in total. The van der Waals surface area contributed by atoms with Gasteiger partial charge in [-0.15, -0.1) is 0 Å². The fourth-order valence-corrected chi connectivity index (χ4v) is 3.21. The summed E-state index contributed by atoms with van der Waals surface area (Å²) in [4.78, 5) is 34.7. The Labute approximate surface area is 153 Å². The summed E-state index contributed by atoms with van der Waals surface area (Å²) < 4.78 is 6.62. The Kier molecular flexibility index (Phi) is 6.29. The minimum Gasteiger partial charge on any atom is -0.481 e. The van der Waals surface area contributed by atoms with E-state index in [1.54, 1.807) is 42.7 Å². The molecule has 0 fully saturated rings. The van der Waals surface area contributed by atoms with Gasteiger partial charge in [0.15, 0.2) is 4.80 Å². The molecule has 0 spiro atoms. The quantitative estimate of drug-likeness (QED) is 0.639. The number of nitrogens with zero attached hydrogens (tertiary/aromatic N) is 1. The number of esters is 1. The molecule has 2 rings (SSSR count). The van der Waals surface area contributed by atoms with Gasteiger partial charge in [0.25, 0.3) is 0 Å². The van der Waals surface area contributed by atoms with Crippen molar-refractivity contribution in [2.45, 2.75) is 26.7 Å². The predicted octanol–water partition coefficient (Wildman–Crippen LogP) is 2.31. The van der Waals surface area contributed by atoms with E-state index < -0.39 is 11.9 Å². The van der Waals surface area contributed by atoms with Crippen molar-refractivity contribution in [1.29, 1.82) is 5.41 Å². The third-order valence-electron chi connectivity index (χ3n) is 3.50. The molecule has 0 aliphatic carbocycles. The molecule has 9 heteroatoms. The number of hydrogen-bond acceptors (Lipinski definition) is 6. The Morgan fingerprint density at radius 1 is 1.23 bits per heavy atom. The zero-order valence-corrected chi connectivity index (χ0v) is 15.2. The van der Waals surface area contributed by atoms with Gasteiger partial charge in [0.05, 0.1) is 13.0 Å². The first-order valence-electron chi connectivity index (χ1n) is 7.89. The summed E-state index contributed by atoms with van der Waals surface area (Å²) in [6.45, 7) is 3.72. The largest absolute Gasteiger partial charge is 0.481 e. The first kappa shape index (κ1) is 19.4. The van der Waals surface area contributed by atoms with Crippen molar-refractivity contribution in [3.63, 3.8) is 0 Å². The highest BCUT2D eigenvalue weighted by atomic mass is 32.1. The topological polar surface area (TPSA) is 121 Å². The van der Waals surface area contributed by atoms with Crippen molar-refractivity contribution in [3.05, 3.63) is 39.6 Å². The van der Waals surface area contributed by atoms with Gasteiger partial charge in [0.2, 0.25) is 5.91 Å². The van der Waals surface area contributed by atoms with Crippen LogP contribution in [0, 0.1) is 12.3 Å². The number of carbonyl (C=O) groups excluding carboxylic acids is 2. The van der Waals surface area contributed by atoms with Crippen molar-refractivity contribution in [2.75, 3.05) is 11.9 Å². The van der Waals surface area contributed by atoms with Crippen molar-refractivity contribution < 1.29 is 24.2 Å². The number of aliphatic carboxylic acids is 1. The molecule has 0 bridgehead atoms. The summed E-state index contributed by atoms with van der Waals surface area (Å²) in [5.74, 6) is -1.87. The van der Waals surface area contributed by atoms with E-state index in [4.69, 9.17) is 15.3 Å². The SMILES string of the molecule is CCOC(=O)c1sc(=N)n(-c2ccc(NC(=O)CCC(=O)O)cc2)c1C. The molecule has 0 aliphatic heterocycles. The van der Waals surface area contributed by atoms with Gasteiger partial charge in [0.1, 0.15) is 4.88 Å². The summed E-state index contributed by atoms with van der Waals surface area (Å²) in [5.41, 5.74) is 1.80. The van der Waals surface area contributed by atoms with Gasteiger partial charge in [0, 0.05) is 23.5 Å². The van der Waals surface area contributed by atoms with E-state index in [1.807, 2.05) is 0 Å². The van der Waals surface area contributed by atoms with Crippen LogP contribution < -0.4 is 10.1 Å². The molecule has 0 unspecified atom stereocenters. The molecule has 0 atom stereocenters. The minimum atomic E-state index is -1.03. The number of amides is 1. The zero-order chi connectivity index (χ0) is 19.3. The Morgan fingerprint density at radius 3 is 2.46 bits per heavy atom. The van der Waals surface area contributed by atoms with Crippen LogP contribution in [0.25, 0.3) is 5.69 Å². The van der Waals surface area contributed by atoms with Gasteiger partial charge < -0.3 is 15.2 Å². The molecule has 1 heterocycles. The number of carboxylic acid groups (broad SMARTS) is 1. The lowest BCUT2D eigenvalue weighted by atomic mass is 10.2. The van der Waals surface area contributed by atoms with Gasteiger partial charge in [-0.25, -0.2) is 4.79 Å². The molecular formula is C17H19N3O5S. The Balaban J connectivity index is 2.18. The number of benzene rings is 1. The average Bonchev–Trinajstić information content (AvgIpc) is 2.89. The van der Waals surface area contributed by atoms with Crippen molar-refractivity contribution in [3.8, 4) is 5.69 Å². The maximum absolute atomic E-state index is 11.9. The predicted molar refractivity (Wildman–Crippen MR) is 95.7 cm³/mol. The standard InChI is InChI=1S/C17H19N3O5S/c1-3-25-16(24)15-10(2)20(17(18)26-15)12-6-4-11(5-7-12)19-13(21)8-9-14(22)23/h4-7,18H,3,8-9H2,1-2H3,(H,19,21)(H,22,23). The number of nitrogens with one attached hydrogen (secondary N) is 2. The Bertz CT molecular complexity index is 883. The summed E-state index contributed by atoms with van der Waals surface area (Å²) >= 11 is 1.04. The molecule has 8 nitrogen and oxygen atoms in total. The van der Waals surface area contributed by atoms with Crippen molar-refractivity contribution in [1.82, 2.24) is 4.57 Å². The molecule has 138 valence electrons. The van der Waals surface area contributed by atoms with E-state index in [-0.39, 0.29) is 30.2 Å². The van der Waals surface area contributed by atoms with E-state index >= 15 is 0 Å². The summed E-state index contributed by atoms with van der Waals surface area (Å²) in [6, 6.07) is 6.72. The van der Waals surface area contributed by atoms with E-state index in [0.717, 1.165) is 11.3 Å². The highest BCUT2D eigenvalue weighted by Gasteiger charge is 2.18. The van der Waals surface area contributed by atoms with Crippen LogP contribution in [0.15, 0.2) is 24.3 Å². The lowest BCUT2D eigenvalue weighted by Crippen LogP contribution is -2.14. The summed E-state index contributed by atoms with van der Waals surface area (Å²) in [5, 5.41) is 19.3. The molecule has 2 aromatic rings. The van der Waals surface area contributed by atoms with Crippen LogP contribution in [-0.2, 0) is 14.3 Å². The van der Waals surface area contributed by atoms with Gasteiger partial charge in [-0.2, -0.15) is 0 Å². The number of carboxylic acids is 1. The van der Waals surface area contributed by atoms with Gasteiger partial charge in [-0.3, -0.25) is 19.6 Å². The number of hydrogen-bond donors (Lipinski definition) is 3. The minimum absolute atomic E-state index is 0.102. The van der Waals surface area contributed by atoms with Crippen LogP contribution in [0.4, 0.5) is 5.69 Å². The molecular weight excluding hydrogens is 358 g/mol. The molecule has 0 radical (unpaired) electrons. The third kappa shape index (κ3) is 4.57. The number of rotatable bonds is 7. The van der Waals surface area contributed by atoms with Crippen LogP contribution in [-0.4, -0.2) is 34.1 Å². The van der Waals surface area contributed by atoms with Crippen LogP contribution >= 0.6 is 11.3 Å². The molecule has 0 aliphatic rings. The normalized spacial score (nSPS) is 10.4. The van der Waals surface area contributed by atoms with Gasteiger partial charge >= 0.3 is 11.9 Å². The van der Waals surface area contributed by atoms with E-state index in [2.05, 4.69) is 5.32 Å². The molecule has 26 heavy (non-hydrogen) atoms. The van der Waals surface area contributed by atoms with E-state index in [9.17, 15) is 14.4 Å². The smallest absolute Gasteiger partial charge is 0.350 e. The second-order valence-corrected chi connectivity index (χ2v) is 6.37. The number of carbonyl (C=O) groups is 3. The van der Waals surface area contributed by atoms with Crippen LogP contribution in [0.5, 0.6) is 0 Å². The third-order valence-corrected chi connectivity index (χ3v) is 4.54. The highest BCUT2D eigenvalue weighted by Crippen LogP contribution is 2.19. The van der Waals surface area contributed by atoms with Gasteiger partial charge in [-0.1, -0.05) is 11.3 Å². The Morgan fingerprint density at radius 2 is 1.88 bits per heavy atom. The van der Waals surface area contributed by atoms with Gasteiger partial charge in [-0.05, 0) is 38.1 Å². The van der Waals surface area contributed by atoms with Crippen molar-refractivity contribution in [2.24, 2.45) is 0 Å². The second-order valence-electron chi connectivity index (χ2n) is 5.37. The number of ether oxygens (including phenoxy) is 1. The van der Waals surface area contributed by atoms with E-state index in [0.29, 0.717) is 21.9 Å². The monoisotopic (exact) mass is 377 g/mol. The van der Waals surface area contributed by atoms with Crippen LogP contribution in [0.1, 0.15) is 35.1 Å². The number of aromatic nitrogens is 1. The van der Waals surface area contributed by atoms with Crippen LogP contribution in [0.2, 0.25) is 0 Å². The first-order valence-corrected chi connectivity index (χ1v) is 8.71. The number of thiazole rings is 1.